The third kappa shape index (κ3) is 3.17. The molecule has 115 valence electrons. The van der Waals surface area contributed by atoms with Crippen LogP contribution in [0.2, 0.25) is 0 Å². The Morgan fingerprint density at radius 2 is 1.77 bits per heavy atom. The van der Waals surface area contributed by atoms with Crippen LogP contribution in [-0.2, 0) is 0 Å². The second-order valence-corrected chi connectivity index (χ2v) is 6.14. The molecule has 2 aromatic rings. The average molecular weight is 294 g/mol. The normalized spacial score (nSPS) is 17.2. The van der Waals surface area contributed by atoms with Crippen molar-refractivity contribution < 1.29 is 5.11 Å². The molecular weight excluding hydrogens is 270 g/mol. The first-order chi connectivity index (χ1) is 10.8. The van der Waals surface area contributed by atoms with E-state index in [9.17, 15) is 5.11 Å². The van der Waals surface area contributed by atoms with E-state index < -0.39 is 6.23 Å². The maximum atomic E-state index is 10.4. The molecule has 0 aromatic heterocycles. The Morgan fingerprint density at radius 3 is 2.45 bits per heavy atom. The van der Waals surface area contributed by atoms with E-state index in [4.69, 9.17) is 0 Å². The predicted octanol–water partition coefficient (Wildman–Crippen LogP) is 5.01. The highest BCUT2D eigenvalue weighted by Crippen LogP contribution is 2.39. The van der Waals surface area contributed by atoms with Crippen molar-refractivity contribution in [3.05, 3.63) is 60.2 Å². The Bertz CT molecular complexity index is 588. The zero-order valence-corrected chi connectivity index (χ0v) is 13.2. The molecule has 0 spiro atoms. The highest BCUT2D eigenvalue weighted by Gasteiger charge is 2.23. The molecule has 1 atom stereocenters. The zero-order valence-electron chi connectivity index (χ0n) is 13.2. The quantitative estimate of drug-likeness (QED) is 0.801. The van der Waals surface area contributed by atoms with Gasteiger partial charge in [-0.15, -0.1) is 0 Å². The molecule has 1 N–H and O–H groups in total. The molecule has 1 fully saturated rings. The summed E-state index contributed by atoms with van der Waals surface area (Å²) in [4.78, 5) is 2.01. The number of para-hydroxylation sites is 1. The standard InChI is InChI=1S/C20H24NO/c1-16(22)21(18-12-6-3-7-13-18)20-15-9-8-14-19(20)17-10-4-2-5-11-17/h3,6-9,12-13,15-17,22H,2,4-5,10-11H2,1H3. The van der Waals surface area contributed by atoms with Gasteiger partial charge in [-0.2, -0.15) is 0 Å². The zero-order chi connectivity index (χ0) is 15.4. The van der Waals surface area contributed by atoms with Crippen LogP contribution in [-0.4, -0.2) is 11.3 Å². The number of rotatable bonds is 4. The third-order valence-electron chi connectivity index (χ3n) is 4.55. The van der Waals surface area contributed by atoms with Gasteiger partial charge in [-0.1, -0.05) is 49.6 Å². The summed E-state index contributed by atoms with van der Waals surface area (Å²) in [5, 5.41) is 10.4. The van der Waals surface area contributed by atoms with Gasteiger partial charge in [-0.05, 0) is 55.5 Å². The van der Waals surface area contributed by atoms with Crippen LogP contribution in [0.4, 0.5) is 11.4 Å². The lowest BCUT2D eigenvalue weighted by Crippen LogP contribution is -2.29. The Labute approximate surface area is 133 Å². The van der Waals surface area contributed by atoms with Gasteiger partial charge in [0.1, 0.15) is 6.23 Å². The molecule has 0 heterocycles. The maximum absolute atomic E-state index is 10.4. The molecule has 1 unspecified atom stereocenters. The molecule has 3 rings (SSSR count). The highest BCUT2D eigenvalue weighted by molar-refractivity contribution is 5.67. The van der Waals surface area contributed by atoms with Gasteiger partial charge in [0.05, 0.1) is 0 Å². The summed E-state index contributed by atoms with van der Waals surface area (Å²) in [5.74, 6) is 0.565. The summed E-state index contributed by atoms with van der Waals surface area (Å²) in [6, 6.07) is 19.7. The van der Waals surface area contributed by atoms with Crippen LogP contribution in [0.25, 0.3) is 0 Å². The number of anilines is 2. The lowest BCUT2D eigenvalue weighted by molar-refractivity contribution is 0.201. The summed E-state index contributed by atoms with van der Waals surface area (Å²) in [5.41, 5.74) is 3.37. The minimum Gasteiger partial charge on any atom is -0.374 e. The van der Waals surface area contributed by atoms with Crippen molar-refractivity contribution in [3.8, 4) is 0 Å². The molecule has 0 bridgehead atoms. The molecule has 1 radical (unpaired) electrons. The van der Waals surface area contributed by atoms with E-state index in [1.807, 2.05) is 54.3 Å². The van der Waals surface area contributed by atoms with Gasteiger partial charge >= 0.3 is 0 Å². The van der Waals surface area contributed by atoms with E-state index in [1.165, 1.54) is 37.7 Å². The Balaban J connectivity index is 2.01. The predicted molar refractivity (Wildman–Crippen MR) is 91.4 cm³/mol. The third-order valence-corrected chi connectivity index (χ3v) is 4.55. The largest absolute Gasteiger partial charge is 0.374 e. The number of nitrogens with zero attached hydrogens (tertiary/aromatic N) is 1. The van der Waals surface area contributed by atoms with Crippen LogP contribution in [0, 0.1) is 6.07 Å². The summed E-state index contributed by atoms with van der Waals surface area (Å²) in [7, 11) is 0. The Kier molecular flexibility index (Phi) is 4.79. The van der Waals surface area contributed by atoms with Gasteiger partial charge in [-0.3, -0.25) is 0 Å². The first-order valence-electron chi connectivity index (χ1n) is 8.30. The number of aliphatic hydroxyl groups excluding tert-OH is 1. The molecule has 1 aliphatic rings. The molecule has 2 aromatic carbocycles. The molecule has 1 saturated carbocycles. The van der Waals surface area contributed by atoms with Crippen LogP contribution in [0.3, 0.4) is 0 Å². The summed E-state index contributed by atoms with van der Waals surface area (Å²) in [6.07, 6.45) is 5.84. The van der Waals surface area contributed by atoms with Crippen molar-refractivity contribution in [2.75, 3.05) is 4.90 Å². The van der Waals surface area contributed by atoms with E-state index in [-0.39, 0.29) is 0 Å². The lowest BCUT2D eigenvalue weighted by atomic mass is 9.83. The molecule has 2 heteroatoms. The first kappa shape index (κ1) is 15.1. The fourth-order valence-electron chi connectivity index (χ4n) is 3.51. The van der Waals surface area contributed by atoms with E-state index >= 15 is 0 Å². The summed E-state index contributed by atoms with van der Waals surface area (Å²) < 4.78 is 0. The van der Waals surface area contributed by atoms with Crippen LogP contribution < -0.4 is 4.90 Å². The van der Waals surface area contributed by atoms with E-state index in [0.717, 1.165) is 11.4 Å². The molecule has 0 amide bonds. The number of benzene rings is 2. The van der Waals surface area contributed by atoms with Crippen molar-refractivity contribution in [3.63, 3.8) is 0 Å². The second-order valence-electron chi connectivity index (χ2n) is 6.14. The molecule has 1 aliphatic carbocycles. The maximum Gasteiger partial charge on any atom is 0.128 e. The topological polar surface area (TPSA) is 23.5 Å². The van der Waals surface area contributed by atoms with Crippen molar-refractivity contribution in [2.45, 2.75) is 51.2 Å². The van der Waals surface area contributed by atoms with Crippen molar-refractivity contribution in [2.24, 2.45) is 0 Å². The molecular formula is C20H24NO. The smallest absolute Gasteiger partial charge is 0.128 e. The van der Waals surface area contributed by atoms with Gasteiger partial charge < -0.3 is 10.0 Å². The highest BCUT2D eigenvalue weighted by atomic mass is 16.3. The van der Waals surface area contributed by atoms with Crippen LogP contribution in [0.5, 0.6) is 0 Å². The Morgan fingerprint density at radius 1 is 1.05 bits per heavy atom. The SMILES string of the molecule is CC(O)N(c1ccccc1)c1ccc[c]c1C1CCCCC1. The van der Waals surface area contributed by atoms with Crippen LogP contribution in [0.15, 0.2) is 48.5 Å². The van der Waals surface area contributed by atoms with Crippen LogP contribution >= 0.6 is 0 Å². The number of hydrogen-bond acceptors (Lipinski definition) is 2. The monoisotopic (exact) mass is 294 g/mol. The fraction of sp³-hybridized carbons (Fsp3) is 0.400. The van der Waals surface area contributed by atoms with Crippen LogP contribution in [0.1, 0.15) is 50.5 Å². The summed E-state index contributed by atoms with van der Waals surface area (Å²) >= 11 is 0. The van der Waals surface area contributed by atoms with Gasteiger partial charge in [0.15, 0.2) is 0 Å². The van der Waals surface area contributed by atoms with Crippen molar-refractivity contribution in [1.82, 2.24) is 0 Å². The molecule has 0 aliphatic heterocycles. The second kappa shape index (κ2) is 6.97. The van der Waals surface area contributed by atoms with E-state index in [0.29, 0.717) is 5.92 Å². The Hall–Kier alpha value is -1.80. The first-order valence-corrected chi connectivity index (χ1v) is 8.30. The van der Waals surface area contributed by atoms with E-state index in [2.05, 4.69) is 12.1 Å². The van der Waals surface area contributed by atoms with Gasteiger partial charge in [0, 0.05) is 11.4 Å². The van der Waals surface area contributed by atoms with E-state index in [1.54, 1.807) is 0 Å². The van der Waals surface area contributed by atoms with Crippen molar-refractivity contribution >= 4 is 11.4 Å². The number of hydrogen-bond donors (Lipinski definition) is 1. The van der Waals surface area contributed by atoms with Gasteiger partial charge in [0.2, 0.25) is 0 Å². The molecule has 2 nitrogen and oxygen atoms in total. The molecule has 22 heavy (non-hydrogen) atoms. The fourth-order valence-corrected chi connectivity index (χ4v) is 3.51. The lowest BCUT2D eigenvalue weighted by Gasteiger charge is -2.33. The minimum atomic E-state index is -0.569. The average Bonchev–Trinajstić information content (AvgIpc) is 2.57. The molecule has 0 saturated heterocycles. The summed E-state index contributed by atoms with van der Waals surface area (Å²) in [6.45, 7) is 1.82. The van der Waals surface area contributed by atoms with Crippen molar-refractivity contribution in [1.29, 1.82) is 0 Å². The minimum absolute atomic E-state index is 0.565. The number of aliphatic hydroxyl groups is 1. The van der Waals surface area contributed by atoms with Gasteiger partial charge in [-0.25, -0.2) is 0 Å². The van der Waals surface area contributed by atoms with Gasteiger partial charge in [0.25, 0.3) is 0 Å².